The molecule has 1 aromatic carbocycles. The largest absolute Gasteiger partial charge is 0.466 e. The minimum absolute atomic E-state index is 0.0439. The van der Waals surface area contributed by atoms with Gasteiger partial charge in [-0.15, -0.1) is 0 Å². The first kappa shape index (κ1) is 14.2. The van der Waals surface area contributed by atoms with Crippen LogP contribution in [0.2, 0.25) is 0 Å². The minimum Gasteiger partial charge on any atom is -0.466 e. The van der Waals surface area contributed by atoms with E-state index < -0.39 is 5.97 Å². The molecule has 0 amide bonds. The van der Waals surface area contributed by atoms with Gasteiger partial charge < -0.3 is 9.64 Å². The summed E-state index contributed by atoms with van der Waals surface area (Å²) >= 11 is 0. The van der Waals surface area contributed by atoms with E-state index in [0.717, 1.165) is 0 Å². The molecule has 0 aliphatic rings. The lowest BCUT2D eigenvalue weighted by Crippen LogP contribution is -2.27. The Kier molecular flexibility index (Phi) is 5.30. The Hall–Kier alpha value is -1.91. The molecule has 0 saturated heterocycles. The number of nitrogens with zero attached hydrogens (tertiary/aromatic N) is 1. The van der Waals surface area contributed by atoms with Gasteiger partial charge in [-0.3, -0.25) is 9.59 Å². The van der Waals surface area contributed by atoms with Gasteiger partial charge in [0.25, 0.3) is 0 Å². The van der Waals surface area contributed by atoms with Crippen LogP contribution in [0.5, 0.6) is 0 Å². The first-order chi connectivity index (χ1) is 8.52. The molecule has 0 aliphatic carbocycles. The molecule has 0 saturated carbocycles. The molecule has 0 N–H and O–H groups in total. The van der Waals surface area contributed by atoms with Crippen LogP contribution in [0.15, 0.2) is 24.3 Å². The standard InChI is InChI=1S/C13H16FNO3/c1-3-18-13(17)8-12(16)9-15(2)11-6-4-5-10(14)7-11/h4-7H,3,8-9H2,1-2H3. The average molecular weight is 253 g/mol. The molecule has 4 nitrogen and oxygen atoms in total. The van der Waals surface area contributed by atoms with Crippen molar-refractivity contribution >= 4 is 17.4 Å². The molecule has 0 spiro atoms. The first-order valence-electron chi connectivity index (χ1n) is 5.67. The first-order valence-corrected chi connectivity index (χ1v) is 5.67. The molecule has 0 unspecified atom stereocenters. The highest BCUT2D eigenvalue weighted by Crippen LogP contribution is 2.13. The summed E-state index contributed by atoms with van der Waals surface area (Å²) < 4.78 is 17.7. The molecule has 98 valence electrons. The van der Waals surface area contributed by atoms with Crippen molar-refractivity contribution in [3.63, 3.8) is 0 Å². The number of ether oxygens (including phenoxy) is 1. The Balaban J connectivity index is 2.52. The number of halogens is 1. The molecule has 18 heavy (non-hydrogen) atoms. The average Bonchev–Trinajstić information content (AvgIpc) is 2.28. The molecule has 1 aromatic rings. The molecule has 0 radical (unpaired) electrons. The van der Waals surface area contributed by atoms with Gasteiger partial charge in [-0.2, -0.15) is 0 Å². The number of Topliss-reactive ketones (excluding diaryl/α,β-unsaturated/α-hetero) is 1. The van der Waals surface area contributed by atoms with E-state index in [2.05, 4.69) is 4.74 Å². The van der Waals surface area contributed by atoms with E-state index in [9.17, 15) is 14.0 Å². The van der Waals surface area contributed by atoms with E-state index >= 15 is 0 Å². The van der Waals surface area contributed by atoms with Crippen molar-refractivity contribution < 1.29 is 18.7 Å². The SMILES string of the molecule is CCOC(=O)CC(=O)CN(C)c1cccc(F)c1. The second-order valence-corrected chi connectivity index (χ2v) is 3.86. The Bertz CT molecular complexity index is 434. The fraction of sp³-hybridized carbons (Fsp3) is 0.385. The van der Waals surface area contributed by atoms with Gasteiger partial charge in [0.1, 0.15) is 12.2 Å². The van der Waals surface area contributed by atoms with E-state index in [-0.39, 0.29) is 31.2 Å². The fourth-order valence-electron chi connectivity index (χ4n) is 1.50. The number of rotatable bonds is 6. The number of likely N-dealkylation sites (N-methyl/N-ethyl adjacent to an activating group) is 1. The summed E-state index contributed by atoms with van der Waals surface area (Å²) in [5.74, 6) is -1.16. The maximum Gasteiger partial charge on any atom is 0.313 e. The molecular weight excluding hydrogens is 237 g/mol. The molecule has 0 bridgehead atoms. The predicted octanol–water partition coefficient (Wildman–Crippen LogP) is 1.78. The topological polar surface area (TPSA) is 46.6 Å². The van der Waals surface area contributed by atoms with Crippen molar-refractivity contribution in [2.75, 3.05) is 25.1 Å². The van der Waals surface area contributed by atoms with Gasteiger partial charge in [-0.05, 0) is 25.1 Å². The van der Waals surface area contributed by atoms with Gasteiger partial charge in [-0.25, -0.2) is 4.39 Å². The van der Waals surface area contributed by atoms with Crippen molar-refractivity contribution in [1.29, 1.82) is 0 Å². The second-order valence-electron chi connectivity index (χ2n) is 3.86. The van der Waals surface area contributed by atoms with Crippen LogP contribution in [0.1, 0.15) is 13.3 Å². The van der Waals surface area contributed by atoms with Crippen molar-refractivity contribution in [1.82, 2.24) is 0 Å². The highest BCUT2D eigenvalue weighted by Gasteiger charge is 2.13. The number of carbonyl (C=O) groups excluding carboxylic acids is 2. The number of anilines is 1. The highest BCUT2D eigenvalue weighted by atomic mass is 19.1. The molecule has 1 rings (SSSR count). The number of ketones is 1. The predicted molar refractivity (Wildman–Crippen MR) is 65.9 cm³/mol. The highest BCUT2D eigenvalue weighted by molar-refractivity contribution is 5.97. The minimum atomic E-state index is -0.532. The summed E-state index contributed by atoms with van der Waals surface area (Å²) in [7, 11) is 1.66. The van der Waals surface area contributed by atoms with E-state index in [1.165, 1.54) is 12.1 Å². The molecule has 0 heterocycles. The van der Waals surface area contributed by atoms with Gasteiger partial charge >= 0.3 is 5.97 Å². The van der Waals surface area contributed by atoms with Crippen LogP contribution in [0, 0.1) is 5.82 Å². The zero-order chi connectivity index (χ0) is 13.5. The van der Waals surface area contributed by atoms with Crippen LogP contribution in [0.3, 0.4) is 0 Å². The third-order valence-electron chi connectivity index (χ3n) is 2.31. The number of hydrogen-bond donors (Lipinski definition) is 0. The van der Waals surface area contributed by atoms with E-state index in [4.69, 9.17) is 0 Å². The van der Waals surface area contributed by atoms with Crippen molar-refractivity contribution in [3.05, 3.63) is 30.1 Å². The van der Waals surface area contributed by atoms with Gasteiger partial charge in [0.05, 0.1) is 13.2 Å². The number of benzene rings is 1. The van der Waals surface area contributed by atoms with Gasteiger partial charge in [0, 0.05) is 12.7 Å². The van der Waals surface area contributed by atoms with Crippen molar-refractivity contribution in [2.45, 2.75) is 13.3 Å². The molecule has 5 heteroatoms. The van der Waals surface area contributed by atoms with Crippen LogP contribution in [-0.2, 0) is 14.3 Å². The maximum absolute atomic E-state index is 13.0. The Morgan fingerprint density at radius 1 is 1.39 bits per heavy atom. The number of esters is 1. The summed E-state index contributed by atoms with van der Waals surface area (Å²) in [6.45, 7) is 1.98. The molecule has 0 atom stereocenters. The lowest BCUT2D eigenvalue weighted by molar-refractivity contribution is -0.145. The number of hydrogen-bond acceptors (Lipinski definition) is 4. The lowest BCUT2D eigenvalue weighted by Gasteiger charge is -2.18. The van der Waals surface area contributed by atoms with Crippen LogP contribution in [0.25, 0.3) is 0 Å². The zero-order valence-corrected chi connectivity index (χ0v) is 10.5. The summed E-state index contributed by atoms with van der Waals surface area (Å²) in [6, 6.07) is 5.92. The second kappa shape index (κ2) is 6.74. The summed E-state index contributed by atoms with van der Waals surface area (Å²) in [5.41, 5.74) is 0.590. The van der Waals surface area contributed by atoms with Gasteiger partial charge in [-0.1, -0.05) is 6.07 Å². The monoisotopic (exact) mass is 253 g/mol. The summed E-state index contributed by atoms with van der Waals surface area (Å²) in [4.78, 5) is 24.3. The number of carbonyl (C=O) groups is 2. The molecule has 0 aliphatic heterocycles. The normalized spacial score (nSPS) is 9.94. The Morgan fingerprint density at radius 3 is 2.72 bits per heavy atom. The van der Waals surface area contributed by atoms with E-state index in [1.54, 1.807) is 31.0 Å². The van der Waals surface area contributed by atoms with E-state index in [0.29, 0.717) is 5.69 Å². The zero-order valence-electron chi connectivity index (χ0n) is 10.5. The van der Waals surface area contributed by atoms with Crippen molar-refractivity contribution in [3.8, 4) is 0 Å². The quantitative estimate of drug-likeness (QED) is 0.572. The summed E-state index contributed by atoms with van der Waals surface area (Å²) in [5, 5.41) is 0. The lowest BCUT2D eigenvalue weighted by atomic mass is 10.2. The van der Waals surface area contributed by atoms with Crippen LogP contribution in [0.4, 0.5) is 10.1 Å². The van der Waals surface area contributed by atoms with Crippen LogP contribution >= 0.6 is 0 Å². The Morgan fingerprint density at radius 2 is 2.11 bits per heavy atom. The van der Waals surface area contributed by atoms with Crippen LogP contribution in [-0.4, -0.2) is 32.0 Å². The maximum atomic E-state index is 13.0. The van der Waals surface area contributed by atoms with Crippen molar-refractivity contribution in [2.24, 2.45) is 0 Å². The van der Waals surface area contributed by atoms with Gasteiger partial charge in [0.2, 0.25) is 0 Å². The molecule has 0 aromatic heterocycles. The van der Waals surface area contributed by atoms with E-state index in [1.807, 2.05) is 0 Å². The molecule has 0 fully saturated rings. The van der Waals surface area contributed by atoms with Crippen LogP contribution < -0.4 is 4.90 Å². The smallest absolute Gasteiger partial charge is 0.313 e. The fourth-order valence-corrected chi connectivity index (χ4v) is 1.50. The van der Waals surface area contributed by atoms with Gasteiger partial charge in [0.15, 0.2) is 5.78 Å². The third kappa shape index (κ3) is 4.53. The third-order valence-corrected chi connectivity index (χ3v) is 2.31. The Labute approximate surface area is 105 Å². The molecular formula is C13H16FNO3. The summed E-state index contributed by atoms with van der Waals surface area (Å²) in [6.07, 6.45) is -0.256.